The van der Waals surface area contributed by atoms with Crippen LogP contribution in [-0.2, 0) is 13.0 Å². The van der Waals surface area contributed by atoms with E-state index in [0.717, 1.165) is 18.0 Å². The van der Waals surface area contributed by atoms with Gasteiger partial charge in [-0.3, -0.25) is 0 Å². The molecule has 2 rings (SSSR count). The van der Waals surface area contributed by atoms with Crippen LogP contribution in [-0.4, -0.2) is 6.04 Å². The minimum atomic E-state index is 0.596. The van der Waals surface area contributed by atoms with Gasteiger partial charge in [-0.25, -0.2) is 0 Å². The third-order valence-electron chi connectivity index (χ3n) is 2.34. The summed E-state index contributed by atoms with van der Waals surface area (Å²) in [6, 6.07) is 6.75. The quantitative estimate of drug-likeness (QED) is 0.648. The zero-order valence-electron chi connectivity index (χ0n) is 7.10. The third kappa shape index (κ3) is 1.47. The molecule has 1 unspecified atom stereocenters. The highest BCUT2D eigenvalue weighted by Crippen LogP contribution is 2.20. The molecule has 1 aliphatic heterocycles. The van der Waals surface area contributed by atoms with Crippen molar-refractivity contribution in [2.24, 2.45) is 0 Å². The van der Waals surface area contributed by atoms with Gasteiger partial charge in [-0.05, 0) is 36.6 Å². The largest absolute Gasteiger partial charge is 0.310 e. The fraction of sp³-hybridized carbons (Fsp3) is 0.400. The summed E-state index contributed by atoms with van der Waals surface area (Å²) < 4.78 is 0. The summed E-state index contributed by atoms with van der Waals surface area (Å²) >= 11 is 5.89. The number of hydrogen-bond acceptors (Lipinski definition) is 1. The zero-order chi connectivity index (χ0) is 8.55. The molecule has 1 heterocycles. The van der Waals surface area contributed by atoms with Gasteiger partial charge in [0, 0.05) is 17.6 Å². The molecule has 0 saturated heterocycles. The molecule has 1 aromatic rings. The minimum Gasteiger partial charge on any atom is -0.310 e. The number of fused-ring (bicyclic) bond motifs is 1. The van der Waals surface area contributed by atoms with E-state index in [-0.39, 0.29) is 0 Å². The van der Waals surface area contributed by atoms with Crippen LogP contribution in [0.2, 0.25) is 5.02 Å². The van der Waals surface area contributed by atoms with E-state index in [1.165, 1.54) is 11.1 Å². The van der Waals surface area contributed by atoms with Gasteiger partial charge in [-0.1, -0.05) is 17.7 Å². The van der Waals surface area contributed by atoms with Crippen LogP contribution < -0.4 is 5.32 Å². The normalized spacial score (nSPS) is 22.0. The van der Waals surface area contributed by atoms with Gasteiger partial charge >= 0.3 is 0 Å². The van der Waals surface area contributed by atoms with Crippen LogP contribution in [0, 0.1) is 0 Å². The summed E-state index contributed by atoms with van der Waals surface area (Å²) in [5.41, 5.74) is 2.78. The van der Waals surface area contributed by atoms with Crippen LogP contribution in [0.25, 0.3) is 0 Å². The Kier molecular flexibility index (Phi) is 2.07. The van der Waals surface area contributed by atoms with Crippen molar-refractivity contribution in [3.05, 3.63) is 34.3 Å². The lowest BCUT2D eigenvalue weighted by Crippen LogP contribution is -2.32. The van der Waals surface area contributed by atoms with Crippen LogP contribution >= 0.6 is 11.6 Å². The highest BCUT2D eigenvalue weighted by atomic mass is 35.5. The Morgan fingerprint density at radius 2 is 2.25 bits per heavy atom. The van der Waals surface area contributed by atoms with E-state index in [9.17, 15) is 0 Å². The van der Waals surface area contributed by atoms with E-state index in [2.05, 4.69) is 24.4 Å². The highest BCUT2D eigenvalue weighted by Gasteiger charge is 2.13. The summed E-state index contributed by atoms with van der Waals surface area (Å²) in [6.07, 6.45) is 1.12. The molecule has 1 aromatic carbocycles. The maximum absolute atomic E-state index is 5.89. The molecule has 0 amide bonds. The fourth-order valence-electron chi connectivity index (χ4n) is 1.64. The molecule has 1 nitrogen and oxygen atoms in total. The summed E-state index contributed by atoms with van der Waals surface area (Å²) in [5, 5.41) is 4.24. The van der Waals surface area contributed by atoms with E-state index in [1.807, 2.05) is 6.07 Å². The summed E-state index contributed by atoms with van der Waals surface area (Å²) in [5.74, 6) is 0. The predicted molar refractivity (Wildman–Crippen MR) is 51.5 cm³/mol. The van der Waals surface area contributed by atoms with Crippen LogP contribution in [0.3, 0.4) is 0 Å². The molecule has 0 bridgehead atoms. The van der Waals surface area contributed by atoms with Gasteiger partial charge in [-0.2, -0.15) is 0 Å². The third-order valence-corrected chi connectivity index (χ3v) is 2.57. The first-order valence-electron chi connectivity index (χ1n) is 4.26. The van der Waals surface area contributed by atoms with Crippen LogP contribution in [0.1, 0.15) is 18.1 Å². The van der Waals surface area contributed by atoms with Crippen LogP contribution in [0.5, 0.6) is 0 Å². The number of nitrogens with one attached hydrogen (secondary N) is 1. The van der Waals surface area contributed by atoms with Crippen molar-refractivity contribution in [1.29, 1.82) is 0 Å². The molecule has 1 aliphatic rings. The second-order valence-corrected chi connectivity index (χ2v) is 3.84. The first-order chi connectivity index (χ1) is 5.75. The Labute approximate surface area is 77.7 Å². The predicted octanol–water partition coefficient (Wildman–Crippen LogP) is 2.37. The van der Waals surface area contributed by atoms with E-state index in [4.69, 9.17) is 11.6 Å². The molecule has 0 aromatic heterocycles. The Hall–Kier alpha value is -0.530. The highest BCUT2D eigenvalue weighted by molar-refractivity contribution is 6.30. The second-order valence-electron chi connectivity index (χ2n) is 3.40. The second kappa shape index (κ2) is 3.08. The monoisotopic (exact) mass is 181 g/mol. The standard InChI is InChI=1S/C10H12ClN/c1-7-4-8-2-3-10(11)5-9(8)6-12-7/h2-3,5,7,12H,4,6H2,1H3. The maximum Gasteiger partial charge on any atom is 0.0409 e. The molecule has 0 spiro atoms. The fourth-order valence-corrected chi connectivity index (χ4v) is 1.84. The van der Waals surface area contributed by atoms with Gasteiger partial charge in [0.2, 0.25) is 0 Å². The summed E-state index contributed by atoms with van der Waals surface area (Å²) in [7, 11) is 0. The first kappa shape index (κ1) is 8.09. The lowest BCUT2D eigenvalue weighted by Gasteiger charge is -2.22. The van der Waals surface area contributed by atoms with Gasteiger partial charge in [-0.15, -0.1) is 0 Å². The van der Waals surface area contributed by atoms with E-state index in [1.54, 1.807) is 0 Å². The number of benzene rings is 1. The van der Waals surface area contributed by atoms with Crippen molar-refractivity contribution in [2.45, 2.75) is 25.9 Å². The smallest absolute Gasteiger partial charge is 0.0409 e. The average Bonchev–Trinajstić information content (AvgIpc) is 2.05. The Bertz CT molecular complexity index is 296. The SMILES string of the molecule is CC1Cc2ccc(Cl)cc2CN1. The molecule has 1 atom stereocenters. The van der Waals surface area contributed by atoms with E-state index >= 15 is 0 Å². The molecule has 12 heavy (non-hydrogen) atoms. The topological polar surface area (TPSA) is 12.0 Å². The summed E-state index contributed by atoms with van der Waals surface area (Å²) in [4.78, 5) is 0. The van der Waals surface area contributed by atoms with Gasteiger partial charge in [0.05, 0.1) is 0 Å². The maximum atomic E-state index is 5.89. The Balaban J connectivity index is 2.37. The average molecular weight is 182 g/mol. The molecule has 0 radical (unpaired) electrons. The minimum absolute atomic E-state index is 0.596. The lowest BCUT2D eigenvalue weighted by molar-refractivity contribution is 0.514. The molecule has 2 heteroatoms. The van der Waals surface area contributed by atoms with Crippen molar-refractivity contribution < 1.29 is 0 Å². The van der Waals surface area contributed by atoms with Gasteiger partial charge in [0.15, 0.2) is 0 Å². The Morgan fingerprint density at radius 3 is 3.08 bits per heavy atom. The molecule has 0 fully saturated rings. The van der Waals surface area contributed by atoms with Crippen molar-refractivity contribution in [3.63, 3.8) is 0 Å². The first-order valence-corrected chi connectivity index (χ1v) is 4.64. The van der Waals surface area contributed by atoms with Gasteiger partial charge in [0.1, 0.15) is 0 Å². The van der Waals surface area contributed by atoms with Crippen LogP contribution in [0.4, 0.5) is 0 Å². The van der Waals surface area contributed by atoms with Gasteiger partial charge < -0.3 is 5.32 Å². The zero-order valence-corrected chi connectivity index (χ0v) is 7.86. The molecule has 0 saturated carbocycles. The van der Waals surface area contributed by atoms with E-state index in [0.29, 0.717) is 6.04 Å². The number of hydrogen-bond donors (Lipinski definition) is 1. The number of halogens is 1. The van der Waals surface area contributed by atoms with Crippen molar-refractivity contribution >= 4 is 11.6 Å². The number of rotatable bonds is 0. The summed E-state index contributed by atoms with van der Waals surface area (Å²) in [6.45, 7) is 3.16. The molecule has 64 valence electrons. The Morgan fingerprint density at radius 1 is 1.42 bits per heavy atom. The van der Waals surface area contributed by atoms with Crippen molar-refractivity contribution in [1.82, 2.24) is 5.32 Å². The van der Waals surface area contributed by atoms with E-state index < -0.39 is 0 Å². The molecule has 1 N–H and O–H groups in total. The van der Waals surface area contributed by atoms with Crippen molar-refractivity contribution in [2.75, 3.05) is 0 Å². The van der Waals surface area contributed by atoms with Crippen LogP contribution in [0.15, 0.2) is 18.2 Å². The lowest BCUT2D eigenvalue weighted by atomic mass is 9.97. The van der Waals surface area contributed by atoms with Crippen molar-refractivity contribution in [3.8, 4) is 0 Å². The molecular weight excluding hydrogens is 170 g/mol. The molecular formula is C10H12ClN. The van der Waals surface area contributed by atoms with Gasteiger partial charge in [0.25, 0.3) is 0 Å². The molecule has 0 aliphatic carbocycles.